The Labute approximate surface area is 147 Å². The van der Waals surface area contributed by atoms with Crippen molar-refractivity contribution in [2.24, 2.45) is 0 Å². The molecule has 0 saturated heterocycles. The van der Waals surface area contributed by atoms with E-state index in [0.29, 0.717) is 11.1 Å². The Morgan fingerprint density at radius 2 is 1.08 bits per heavy atom. The molecule has 0 amide bonds. The van der Waals surface area contributed by atoms with Crippen molar-refractivity contribution in [1.82, 2.24) is 0 Å². The van der Waals surface area contributed by atoms with Crippen LogP contribution in [0.15, 0.2) is 84.9 Å². The zero-order valence-electron chi connectivity index (χ0n) is 13.6. The third-order valence-corrected chi connectivity index (χ3v) is 5.24. The summed E-state index contributed by atoms with van der Waals surface area (Å²) in [5, 5.41) is 0. The molecule has 0 aliphatic carbocycles. The SMILES string of the molecule is O=P(O)(O)C(c1ccccc1)c1ccc(C=Cc2ccccc2)cc1. The van der Waals surface area contributed by atoms with Crippen molar-refractivity contribution in [3.8, 4) is 0 Å². The minimum Gasteiger partial charge on any atom is -0.324 e. The van der Waals surface area contributed by atoms with Crippen molar-refractivity contribution in [2.75, 3.05) is 0 Å². The van der Waals surface area contributed by atoms with Crippen LogP contribution in [0.5, 0.6) is 0 Å². The maximum Gasteiger partial charge on any atom is 0.337 e. The highest BCUT2D eigenvalue weighted by molar-refractivity contribution is 7.52. The Kier molecular flexibility index (Phi) is 5.30. The predicted molar refractivity (Wildman–Crippen MR) is 102 cm³/mol. The second-order valence-electron chi connectivity index (χ2n) is 5.81. The molecule has 2 N–H and O–H groups in total. The summed E-state index contributed by atoms with van der Waals surface area (Å²) in [5.74, 6) is 0. The van der Waals surface area contributed by atoms with E-state index in [4.69, 9.17) is 0 Å². The van der Waals surface area contributed by atoms with Crippen LogP contribution in [0, 0.1) is 0 Å². The lowest BCUT2D eigenvalue weighted by Gasteiger charge is -2.19. The average molecular weight is 350 g/mol. The molecule has 0 spiro atoms. The van der Waals surface area contributed by atoms with E-state index in [9.17, 15) is 14.4 Å². The van der Waals surface area contributed by atoms with Gasteiger partial charge in [0.2, 0.25) is 0 Å². The molecule has 3 rings (SSSR count). The fourth-order valence-corrected chi connectivity index (χ4v) is 3.88. The molecule has 1 unspecified atom stereocenters. The van der Waals surface area contributed by atoms with Gasteiger partial charge >= 0.3 is 7.60 Å². The van der Waals surface area contributed by atoms with Crippen LogP contribution in [0.3, 0.4) is 0 Å². The molecule has 126 valence electrons. The Morgan fingerprint density at radius 1 is 0.640 bits per heavy atom. The molecule has 3 nitrogen and oxygen atoms in total. The first kappa shape index (κ1) is 17.4. The minimum absolute atomic E-state index is 0.608. The molecular formula is C21H19O3P. The first-order valence-corrected chi connectivity index (χ1v) is 9.65. The Hall–Kier alpha value is -2.45. The lowest BCUT2D eigenvalue weighted by atomic mass is 10.0. The largest absolute Gasteiger partial charge is 0.337 e. The van der Waals surface area contributed by atoms with E-state index in [1.165, 1.54) is 0 Å². The van der Waals surface area contributed by atoms with Crippen molar-refractivity contribution in [3.05, 3.63) is 107 Å². The minimum atomic E-state index is -4.32. The molecule has 25 heavy (non-hydrogen) atoms. The molecule has 0 radical (unpaired) electrons. The fourth-order valence-electron chi connectivity index (χ4n) is 2.76. The fraction of sp³-hybridized carbons (Fsp3) is 0.0476. The lowest BCUT2D eigenvalue weighted by molar-refractivity contribution is 0.364. The van der Waals surface area contributed by atoms with Crippen molar-refractivity contribution < 1.29 is 14.4 Å². The summed E-state index contributed by atoms with van der Waals surface area (Å²) in [6.07, 6.45) is 3.99. The summed E-state index contributed by atoms with van der Waals surface area (Å²) in [5.41, 5.74) is 2.36. The van der Waals surface area contributed by atoms with Gasteiger partial charge < -0.3 is 9.79 Å². The third kappa shape index (κ3) is 4.55. The van der Waals surface area contributed by atoms with E-state index >= 15 is 0 Å². The zero-order valence-corrected chi connectivity index (χ0v) is 14.5. The van der Waals surface area contributed by atoms with Crippen LogP contribution in [-0.2, 0) is 4.57 Å². The van der Waals surface area contributed by atoms with Gasteiger partial charge in [-0.15, -0.1) is 0 Å². The molecule has 3 aromatic rings. The molecule has 4 heteroatoms. The van der Waals surface area contributed by atoms with E-state index in [2.05, 4.69) is 0 Å². The van der Waals surface area contributed by atoms with Gasteiger partial charge in [0.25, 0.3) is 0 Å². The van der Waals surface area contributed by atoms with Gasteiger partial charge in [-0.2, -0.15) is 0 Å². The van der Waals surface area contributed by atoms with E-state index < -0.39 is 13.3 Å². The Morgan fingerprint density at radius 3 is 1.60 bits per heavy atom. The van der Waals surface area contributed by atoms with Crippen molar-refractivity contribution >= 4 is 19.7 Å². The van der Waals surface area contributed by atoms with Crippen LogP contribution in [0.2, 0.25) is 0 Å². The highest BCUT2D eigenvalue weighted by Gasteiger charge is 2.31. The summed E-state index contributed by atoms with van der Waals surface area (Å²) in [6, 6.07) is 26.2. The van der Waals surface area contributed by atoms with Gasteiger partial charge in [0.15, 0.2) is 0 Å². The predicted octanol–water partition coefficient (Wildman–Crippen LogP) is 5.12. The highest BCUT2D eigenvalue weighted by atomic mass is 31.2. The topological polar surface area (TPSA) is 57.5 Å². The average Bonchev–Trinajstić information content (AvgIpc) is 2.62. The van der Waals surface area contributed by atoms with Crippen LogP contribution in [0.4, 0.5) is 0 Å². The van der Waals surface area contributed by atoms with Gasteiger partial charge in [0.05, 0.1) is 0 Å². The van der Waals surface area contributed by atoms with Gasteiger partial charge in [0, 0.05) is 0 Å². The van der Waals surface area contributed by atoms with E-state index in [1.807, 2.05) is 60.7 Å². The first-order chi connectivity index (χ1) is 12.0. The Bertz CT molecular complexity index is 881. The van der Waals surface area contributed by atoms with Crippen molar-refractivity contribution in [2.45, 2.75) is 5.66 Å². The molecule has 0 aliphatic rings. The van der Waals surface area contributed by atoms with E-state index in [1.54, 1.807) is 36.4 Å². The van der Waals surface area contributed by atoms with Crippen LogP contribution in [0.25, 0.3) is 12.2 Å². The van der Waals surface area contributed by atoms with Gasteiger partial charge in [-0.25, -0.2) is 0 Å². The summed E-state index contributed by atoms with van der Waals surface area (Å²) < 4.78 is 12.0. The summed E-state index contributed by atoms with van der Waals surface area (Å²) >= 11 is 0. The van der Waals surface area contributed by atoms with Gasteiger partial charge in [0.1, 0.15) is 5.66 Å². The molecule has 0 aromatic heterocycles. The highest BCUT2D eigenvalue weighted by Crippen LogP contribution is 2.55. The zero-order chi connectivity index (χ0) is 17.7. The molecule has 0 fully saturated rings. The standard InChI is InChI=1S/C21H19O3P/c22-25(23,24)21(19-9-5-2-6-10-19)20-15-13-18(14-16-20)12-11-17-7-3-1-4-8-17/h1-16,21H,(H2,22,23,24). The molecule has 0 saturated carbocycles. The second kappa shape index (κ2) is 7.62. The first-order valence-electron chi connectivity index (χ1n) is 7.97. The molecule has 0 heterocycles. The third-order valence-electron chi connectivity index (χ3n) is 3.97. The monoisotopic (exact) mass is 350 g/mol. The summed E-state index contributed by atoms with van der Waals surface area (Å²) in [4.78, 5) is 19.6. The smallest absolute Gasteiger partial charge is 0.324 e. The van der Waals surface area contributed by atoms with Gasteiger partial charge in [-0.05, 0) is 22.3 Å². The summed E-state index contributed by atoms with van der Waals surface area (Å²) in [6.45, 7) is 0. The number of benzene rings is 3. The van der Waals surface area contributed by atoms with Crippen LogP contribution in [-0.4, -0.2) is 9.79 Å². The lowest BCUT2D eigenvalue weighted by Crippen LogP contribution is -2.02. The maximum absolute atomic E-state index is 12.0. The van der Waals surface area contributed by atoms with Crippen LogP contribution in [0.1, 0.15) is 27.9 Å². The van der Waals surface area contributed by atoms with Crippen molar-refractivity contribution in [3.63, 3.8) is 0 Å². The number of rotatable bonds is 5. The van der Waals surface area contributed by atoms with Crippen LogP contribution < -0.4 is 0 Å². The maximum atomic E-state index is 12.0. The Balaban J connectivity index is 1.87. The number of hydrogen-bond donors (Lipinski definition) is 2. The summed E-state index contributed by atoms with van der Waals surface area (Å²) in [7, 11) is -4.32. The van der Waals surface area contributed by atoms with Crippen LogP contribution >= 0.6 is 7.60 Å². The second-order valence-corrected chi connectivity index (χ2v) is 7.51. The van der Waals surface area contributed by atoms with Crippen molar-refractivity contribution in [1.29, 1.82) is 0 Å². The van der Waals surface area contributed by atoms with Gasteiger partial charge in [-0.3, -0.25) is 4.57 Å². The molecule has 3 aromatic carbocycles. The quantitative estimate of drug-likeness (QED) is 0.496. The van der Waals surface area contributed by atoms with Gasteiger partial charge in [-0.1, -0.05) is 97.1 Å². The van der Waals surface area contributed by atoms with E-state index in [0.717, 1.165) is 11.1 Å². The molecule has 0 aliphatic heterocycles. The molecular weight excluding hydrogens is 331 g/mol. The molecule has 0 bridgehead atoms. The van der Waals surface area contributed by atoms with E-state index in [-0.39, 0.29) is 0 Å². The normalized spacial score (nSPS) is 13.0. The molecule has 1 atom stereocenters. The number of hydrogen-bond acceptors (Lipinski definition) is 1.